The number of hydrogen-bond donors (Lipinski definition) is 1. The van der Waals surface area contributed by atoms with Crippen molar-refractivity contribution in [3.8, 4) is 0 Å². The summed E-state index contributed by atoms with van der Waals surface area (Å²) in [5.41, 5.74) is 1.71. The SMILES string of the molecule is CC(C)(C)c1csc(C(=O)Nc2ccccc2)n1. The van der Waals surface area contributed by atoms with Gasteiger partial charge in [-0.05, 0) is 12.1 Å². The van der Waals surface area contributed by atoms with Gasteiger partial charge in [0.15, 0.2) is 5.01 Å². The molecule has 1 N–H and O–H groups in total. The maximum absolute atomic E-state index is 12.0. The van der Waals surface area contributed by atoms with Gasteiger partial charge in [-0.25, -0.2) is 4.98 Å². The summed E-state index contributed by atoms with van der Waals surface area (Å²) >= 11 is 1.38. The Morgan fingerprint density at radius 1 is 1.22 bits per heavy atom. The molecule has 0 spiro atoms. The number of amides is 1. The van der Waals surface area contributed by atoms with Crippen LogP contribution in [0.1, 0.15) is 36.3 Å². The van der Waals surface area contributed by atoms with Gasteiger partial charge in [-0.15, -0.1) is 11.3 Å². The van der Waals surface area contributed by atoms with Crippen LogP contribution in [0, 0.1) is 0 Å². The van der Waals surface area contributed by atoms with Crippen LogP contribution in [0.5, 0.6) is 0 Å². The van der Waals surface area contributed by atoms with E-state index in [-0.39, 0.29) is 11.3 Å². The molecule has 0 saturated heterocycles. The predicted octanol–water partition coefficient (Wildman–Crippen LogP) is 3.69. The molecule has 0 aliphatic rings. The molecule has 1 aromatic carbocycles. The summed E-state index contributed by atoms with van der Waals surface area (Å²) in [6, 6.07) is 9.40. The molecule has 18 heavy (non-hydrogen) atoms. The van der Waals surface area contributed by atoms with Crippen LogP contribution in [0.2, 0.25) is 0 Å². The molecule has 4 heteroatoms. The third kappa shape index (κ3) is 2.96. The van der Waals surface area contributed by atoms with Crippen molar-refractivity contribution in [2.24, 2.45) is 0 Å². The molecule has 1 heterocycles. The first-order valence-corrected chi connectivity index (χ1v) is 6.67. The minimum Gasteiger partial charge on any atom is -0.320 e. The van der Waals surface area contributed by atoms with Crippen LogP contribution in [0.15, 0.2) is 35.7 Å². The highest BCUT2D eigenvalue weighted by molar-refractivity contribution is 7.11. The van der Waals surface area contributed by atoms with Crippen LogP contribution < -0.4 is 5.32 Å². The van der Waals surface area contributed by atoms with Crippen molar-refractivity contribution in [1.29, 1.82) is 0 Å². The van der Waals surface area contributed by atoms with Crippen molar-refractivity contribution in [1.82, 2.24) is 4.98 Å². The summed E-state index contributed by atoms with van der Waals surface area (Å²) < 4.78 is 0. The lowest BCUT2D eigenvalue weighted by Gasteiger charge is -2.14. The van der Waals surface area contributed by atoms with E-state index in [2.05, 4.69) is 31.1 Å². The lowest BCUT2D eigenvalue weighted by molar-refractivity contribution is 0.102. The quantitative estimate of drug-likeness (QED) is 0.894. The van der Waals surface area contributed by atoms with Crippen LogP contribution in [0.3, 0.4) is 0 Å². The van der Waals surface area contributed by atoms with Crippen molar-refractivity contribution < 1.29 is 4.79 Å². The van der Waals surface area contributed by atoms with E-state index in [1.807, 2.05) is 35.7 Å². The van der Waals surface area contributed by atoms with E-state index in [0.29, 0.717) is 5.01 Å². The van der Waals surface area contributed by atoms with Gasteiger partial charge in [-0.1, -0.05) is 39.0 Å². The minimum atomic E-state index is -0.151. The van der Waals surface area contributed by atoms with Crippen LogP contribution in [-0.4, -0.2) is 10.9 Å². The van der Waals surface area contributed by atoms with E-state index in [1.165, 1.54) is 11.3 Å². The normalized spacial score (nSPS) is 11.3. The van der Waals surface area contributed by atoms with Gasteiger partial charge in [0.2, 0.25) is 0 Å². The number of carbonyl (C=O) groups is 1. The number of hydrogen-bond acceptors (Lipinski definition) is 3. The van der Waals surface area contributed by atoms with Crippen LogP contribution in [0.4, 0.5) is 5.69 Å². The summed E-state index contributed by atoms with van der Waals surface area (Å²) in [6.45, 7) is 6.25. The Morgan fingerprint density at radius 2 is 1.89 bits per heavy atom. The summed E-state index contributed by atoms with van der Waals surface area (Å²) in [5, 5.41) is 5.28. The van der Waals surface area contributed by atoms with E-state index in [0.717, 1.165) is 11.4 Å². The maximum atomic E-state index is 12.0. The zero-order valence-corrected chi connectivity index (χ0v) is 11.5. The van der Waals surface area contributed by atoms with Gasteiger partial charge >= 0.3 is 0 Å². The van der Waals surface area contributed by atoms with Crippen molar-refractivity contribution in [3.63, 3.8) is 0 Å². The van der Waals surface area contributed by atoms with Crippen molar-refractivity contribution >= 4 is 22.9 Å². The van der Waals surface area contributed by atoms with Gasteiger partial charge in [0.25, 0.3) is 5.91 Å². The van der Waals surface area contributed by atoms with Gasteiger partial charge in [0, 0.05) is 16.5 Å². The molecule has 0 bridgehead atoms. The fourth-order valence-electron chi connectivity index (χ4n) is 1.43. The Bertz CT molecular complexity index is 540. The molecule has 0 aliphatic carbocycles. The minimum absolute atomic E-state index is 0.0260. The molecular formula is C14H16N2OS. The number of benzene rings is 1. The standard InChI is InChI=1S/C14H16N2OS/c1-14(2,3)11-9-18-13(16-11)12(17)15-10-7-5-4-6-8-10/h4-9H,1-3H3,(H,15,17). The average molecular weight is 260 g/mol. The first-order chi connectivity index (χ1) is 8.47. The van der Waals surface area contributed by atoms with Crippen LogP contribution >= 0.6 is 11.3 Å². The molecule has 2 aromatic rings. The summed E-state index contributed by atoms with van der Waals surface area (Å²) in [5.74, 6) is -0.151. The highest BCUT2D eigenvalue weighted by atomic mass is 32.1. The molecule has 0 saturated carbocycles. The third-order valence-corrected chi connectivity index (χ3v) is 3.34. The number of nitrogens with zero attached hydrogens (tertiary/aromatic N) is 1. The van der Waals surface area contributed by atoms with Gasteiger partial charge in [0.1, 0.15) is 0 Å². The molecule has 0 radical (unpaired) electrons. The Hall–Kier alpha value is -1.68. The molecule has 0 fully saturated rings. The van der Waals surface area contributed by atoms with Crippen LogP contribution in [0.25, 0.3) is 0 Å². The van der Waals surface area contributed by atoms with Gasteiger partial charge in [-0.3, -0.25) is 4.79 Å². The zero-order valence-electron chi connectivity index (χ0n) is 10.7. The Morgan fingerprint density at radius 3 is 2.44 bits per heavy atom. The Labute approximate surface area is 111 Å². The van der Waals surface area contributed by atoms with E-state index in [4.69, 9.17) is 0 Å². The van der Waals surface area contributed by atoms with E-state index >= 15 is 0 Å². The molecule has 1 amide bonds. The van der Waals surface area contributed by atoms with Gasteiger partial charge in [0.05, 0.1) is 5.69 Å². The first kappa shape index (κ1) is 12.8. The second-order valence-corrected chi connectivity index (χ2v) is 5.97. The zero-order chi connectivity index (χ0) is 13.2. The van der Waals surface area contributed by atoms with Crippen molar-refractivity contribution in [2.45, 2.75) is 26.2 Å². The van der Waals surface area contributed by atoms with Crippen LogP contribution in [-0.2, 0) is 5.41 Å². The second kappa shape index (κ2) is 4.90. The van der Waals surface area contributed by atoms with E-state index < -0.39 is 0 Å². The monoisotopic (exact) mass is 260 g/mol. The molecule has 2 rings (SSSR count). The Kier molecular flexibility index (Phi) is 3.48. The fourth-order valence-corrected chi connectivity index (χ4v) is 2.37. The van der Waals surface area contributed by atoms with Crippen molar-refractivity contribution in [3.05, 3.63) is 46.4 Å². The molecular weight excluding hydrogens is 244 g/mol. The third-order valence-electron chi connectivity index (χ3n) is 2.50. The topological polar surface area (TPSA) is 42.0 Å². The summed E-state index contributed by atoms with van der Waals surface area (Å²) in [4.78, 5) is 16.4. The molecule has 0 unspecified atom stereocenters. The number of carbonyl (C=O) groups excluding carboxylic acids is 1. The molecule has 94 valence electrons. The lowest BCUT2D eigenvalue weighted by atomic mass is 9.93. The highest BCUT2D eigenvalue weighted by Crippen LogP contribution is 2.24. The van der Waals surface area contributed by atoms with Gasteiger partial charge in [-0.2, -0.15) is 0 Å². The lowest BCUT2D eigenvalue weighted by Crippen LogP contribution is -2.15. The van der Waals surface area contributed by atoms with E-state index in [1.54, 1.807) is 0 Å². The molecule has 0 aliphatic heterocycles. The molecule has 0 atom stereocenters. The number of nitrogens with one attached hydrogen (secondary N) is 1. The number of anilines is 1. The fraction of sp³-hybridized carbons (Fsp3) is 0.286. The van der Waals surface area contributed by atoms with Gasteiger partial charge < -0.3 is 5.32 Å². The van der Waals surface area contributed by atoms with Crippen molar-refractivity contribution in [2.75, 3.05) is 5.32 Å². The summed E-state index contributed by atoms with van der Waals surface area (Å²) in [7, 11) is 0. The maximum Gasteiger partial charge on any atom is 0.284 e. The number of thiazole rings is 1. The second-order valence-electron chi connectivity index (χ2n) is 5.11. The molecule has 3 nitrogen and oxygen atoms in total. The largest absolute Gasteiger partial charge is 0.320 e. The highest BCUT2D eigenvalue weighted by Gasteiger charge is 2.19. The molecule has 1 aromatic heterocycles. The van der Waals surface area contributed by atoms with E-state index in [9.17, 15) is 4.79 Å². The predicted molar refractivity (Wildman–Crippen MR) is 75.2 cm³/mol. The number of para-hydroxylation sites is 1. The number of rotatable bonds is 2. The smallest absolute Gasteiger partial charge is 0.284 e. The Balaban J connectivity index is 2.13. The summed E-state index contributed by atoms with van der Waals surface area (Å²) in [6.07, 6.45) is 0. The average Bonchev–Trinajstić information content (AvgIpc) is 2.79. The number of aromatic nitrogens is 1. The first-order valence-electron chi connectivity index (χ1n) is 5.79.